The molecule has 0 atom stereocenters. The first-order chi connectivity index (χ1) is 12.4. The second kappa shape index (κ2) is 8.33. The van der Waals surface area contributed by atoms with Crippen LogP contribution in [0.5, 0.6) is 0 Å². The molecule has 8 heteroatoms. The number of anilines is 2. The molecule has 0 aromatic heterocycles. The van der Waals surface area contributed by atoms with E-state index in [2.05, 4.69) is 5.32 Å². The number of benzene rings is 2. The lowest BCUT2D eigenvalue weighted by atomic mass is 10.2. The summed E-state index contributed by atoms with van der Waals surface area (Å²) >= 11 is 7.37. The van der Waals surface area contributed by atoms with Gasteiger partial charge in [0.2, 0.25) is 15.9 Å². The standard InChI is InChI=1S/C18H19ClN2O3S2/c19-15-4-2-14(3-5-15)12-25-13-18(22)20-16-6-8-17(9-7-16)21-10-1-11-26(21,23)24/h2-9H,1,10-13H2,(H,20,22). The molecule has 1 heterocycles. The van der Waals surface area contributed by atoms with Gasteiger partial charge in [0.25, 0.3) is 0 Å². The molecule has 1 aliphatic heterocycles. The average Bonchev–Trinajstić information content (AvgIpc) is 2.97. The highest BCUT2D eigenvalue weighted by Gasteiger charge is 2.28. The number of hydrogen-bond donors (Lipinski definition) is 1. The molecule has 5 nitrogen and oxygen atoms in total. The van der Waals surface area contributed by atoms with Crippen LogP contribution in [0.4, 0.5) is 11.4 Å². The Balaban J connectivity index is 1.49. The Bertz CT molecular complexity index is 868. The topological polar surface area (TPSA) is 66.5 Å². The van der Waals surface area contributed by atoms with Crippen LogP contribution in [0.1, 0.15) is 12.0 Å². The molecule has 0 radical (unpaired) electrons. The van der Waals surface area contributed by atoms with E-state index in [0.717, 1.165) is 11.3 Å². The summed E-state index contributed by atoms with van der Waals surface area (Å²) in [6.45, 7) is 0.509. The third kappa shape index (κ3) is 4.93. The van der Waals surface area contributed by atoms with Gasteiger partial charge in [-0.25, -0.2) is 8.42 Å². The minimum Gasteiger partial charge on any atom is -0.325 e. The van der Waals surface area contributed by atoms with E-state index in [9.17, 15) is 13.2 Å². The Morgan fingerprint density at radius 1 is 1.12 bits per heavy atom. The fraction of sp³-hybridized carbons (Fsp3) is 0.278. The van der Waals surface area contributed by atoms with Crippen molar-refractivity contribution in [3.8, 4) is 0 Å². The molecule has 0 saturated carbocycles. The van der Waals surface area contributed by atoms with E-state index in [1.54, 1.807) is 24.3 Å². The molecule has 3 rings (SSSR count). The van der Waals surface area contributed by atoms with Crippen LogP contribution in [0.15, 0.2) is 48.5 Å². The lowest BCUT2D eigenvalue weighted by molar-refractivity contribution is -0.113. The molecule has 1 N–H and O–H groups in total. The minimum absolute atomic E-state index is 0.0921. The van der Waals surface area contributed by atoms with Gasteiger partial charge in [-0.1, -0.05) is 23.7 Å². The largest absolute Gasteiger partial charge is 0.325 e. The Labute approximate surface area is 162 Å². The average molecular weight is 411 g/mol. The number of nitrogens with zero attached hydrogens (tertiary/aromatic N) is 1. The highest BCUT2D eigenvalue weighted by molar-refractivity contribution is 7.99. The van der Waals surface area contributed by atoms with Crippen LogP contribution in [0.25, 0.3) is 0 Å². The molecule has 1 fully saturated rings. The van der Waals surface area contributed by atoms with Crippen LogP contribution in [0.2, 0.25) is 5.02 Å². The second-order valence-electron chi connectivity index (χ2n) is 5.96. The number of halogens is 1. The Morgan fingerprint density at radius 3 is 2.42 bits per heavy atom. The van der Waals surface area contributed by atoms with Crippen molar-refractivity contribution in [1.29, 1.82) is 0 Å². The van der Waals surface area contributed by atoms with E-state index < -0.39 is 10.0 Å². The van der Waals surface area contributed by atoms with Gasteiger partial charge in [0.15, 0.2) is 0 Å². The third-order valence-corrected chi connectivity index (χ3v) is 7.08. The van der Waals surface area contributed by atoms with Crippen LogP contribution in [0.3, 0.4) is 0 Å². The van der Waals surface area contributed by atoms with Crippen LogP contribution in [0, 0.1) is 0 Å². The lowest BCUT2D eigenvalue weighted by Gasteiger charge is -2.17. The zero-order chi connectivity index (χ0) is 18.6. The van der Waals surface area contributed by atoms with Crippen molar-refractivity contribution < 1.29 is 13.2 Å². The van der Waals surface area contributed by atoms with Crippen LogP contribution in [-0.4, -0.2) is 32.4 Å². The first-order valence-corrected chi connectivity index (χ1v) is 11.3. The van der Waals surface area contributed by atoms with Crippen molar-refractivity contribution >= 4 is 50.7 Å². The predicted molar refractivity (Wildman–Crippen MR) is 108 cm³/mol. The van der Waals surface area contributed by atoms with Gasteiger partial charge >= 0.3 is 0 Å². The summed E-state index contributed by atoms with van der Waals surface area (Å²) in [7, 11) is -3.18. The van der Waals surface area contributed by atoms with E-state index >= 15 is 0 Å². The highest BCUT2D eigenvalue weighted by atomic mass is 35.5. The maximum Gasteiger partial charge on any atom is 0.235 e. The van der Waals surface area contributed by atoms with E-state index in [1.807, 2.05) is 24.3 Å². The van der Waals surface area contributed by atoms with Crippen LogP contribution >= 0.6 is 23.4 Å². The van der Waals surface area contributed by atoms with Crippen molar-refractivity contribution in [3.63, 3.8) is 0 Å². The molecule has 0 bridgehead atoms. The number of carbonyl (C=O) groups is 1. The number of hydrogen-bond acceptors (Lipinski definition) is 4. The minimum atomic E-state index is -3.18. The van der Waals surface area contributed by atoms with E-state index in [-0.39, 0.29) is 11.7 Å². The molecule has 138 valence electrons. The number of amides is 1. The smallest absolute Gasteiger partial charge is 0.235 e. The number of nitrogens with one attached hydrogen (secondary N) is 1. The van der Waals surface area contributed by atoms with Crippen molar-refractivity contribution in [2.24, 2.45) is 0 Å². The first-order valence-electron chi connectivity index (χ1n) is 8.16. The van der Waals surface area contributed by atoms with Crippen molar-refractivity contribution in [3.05, 3.63) is 59.1 Å². The van der Waals surface area contributed by atoms with Crippen molar-refractivity contribution in [2.75, 3.05) is 27.7 Å². The summed E-state index contributed by atoms with van der Waals surface area (Å²) < 4.78 is 25.3. The van der Waals surface area contributed by atoms with Gasteiger partial charge in [-0.3, -0.25) is 9.10 Å². The summed E-state index contributed by atoms with van der Waals surface area (Å²) in [4.78, 5) is 12.0. The van der Waals surface area contributed by atoms with E-state index in [1.165, 1.54) is 16.1 Å². The quantitative estimate of drug-likeness (QED) is 0.787. The van der Waals surface area contributed by atoms with Gasteiger partial charge in [-0.15, -0.1) is 11.8 Å². The second-order valence-corrected chi connectivity index (χ2v) is 9.39. The summed E-state index contributed by atoms with van der Waals surface area (Å²) in [6.07, 6.45) is 0.645. The van der Waals surface area contributed by atoms with Gasteiger partial charge in [0, 0.05) is 23.0 Å². The van der Waals surface area contributed by atoms with Crippen LogP contribution in [-0.2, 0) is 20.6 Å². The maximum absolute atomic E-state index is 12.0. The van der Waals surface area contributed by atoms with Gasteiger partial charge in [-0.05, 0) is 48.4 Å². The molecule has 1 aliphatic rings. The van der Waals surface area contributed by atoms with Crippen molar-refractivity contribution in [1.82, 2.24) is 0 Å². The number of carbonyl (C=O) groups excluding carboxylic acids is 1. The monoisotopic (exact) mass is 410 g/mol. The summed E-state index contributed by atoms with van der Waals surface area (Å²) in [5.74, 6) is 1.17. The molecule has 0 spiro atoms. The molecular weight excluding hydrogens is 392 g/mol. The Kier molecular flexibility index (Phi) is 6.11. The number of thioether (sulfide) groups is 1. The van der Waals surface area contributed by atoms with Gasteiger partial charge in [-0.2, -0.15) is 0 Å². The SMILES string of the molecule is O=C(CSCc1ccc(Cl)cc1)Nc1ccc(N2CCCS2(=O)=O)cc1. The molecule has 26 heavy (non-hydrogen) atoms. The van der Waals surface area contributed by atoms with Gasteiger partial charge in [0.05, 0.1) is 17.2 Å². The summed E-state index contributed by atoms with van der Waals surface area (Å²) in [5, 5.41) is 3.52. The fourth-order valence-electron chi connectivity index (χ4n) is 2.68. The maximum atomic E-state index is 12.0. The molecule has 2 aromatic rings. The first kappa shape index (κ1) is 19.1. The summed E-state index contributed by atoms with van der Waals surface area (Å²) in [6, 6.07) is 14.4. The van der Waals surface area contributed by atoms with Gasteiger partial charge < -0.3 is 5.32 Å². The lowest BCUT2D eigenvalue weighted by Crippen LogP contribution is -2.25. The zero-order valence-electron chi connectivity index (χ0n) is 14.0. The highest BCUT2D eigenvalue weighted by Crippen LogP contribution is 2.25. The number of sulfonamides is 1. The zero-order valence-corrected chi connectivity index (χ0v) is 16.4. The fourth-order valence-corrected chi connectivity index (χ4v) is 5.16. The molecule has 0 aliphatic carbocycles. The number of rotatable bonds is 6. The van der Waals surface area contributed by atoms with E-state index in [4.69, 9.17) is 11.6 Å². The third-order valence-electron chi connectivity index (χ3n) is 3.95. The molecule has 1 saturated heterocycles. The normalized spacial score (nSPS) is 15.8. The van der Waals surface area contributed by atoms with Crippen LogP contribution < -0.4 is 9.62 Å². The molecule has 2 aromatic carbocycles. The molecule has 1 amide bonds. The van der Waals surface area contributed by atoms with Crippen molar-refractivity contribution in [2.45, 2.75) is 12.2 Å². The van der Waals surface area contributed by atoms with E-state index in [0.29, 0.717) is 35.1 Å². The Hall–Kier alpha value is -1.70. The van der Waals surface area contributed by atoms with Gasteiger partial charge in [0.1, 0.15) is 0 Å². The predicted octanol–water partition coefficient (Wildman–Crippen LogP) is 3.75. The molecule has 0 unspecified atom stereocenters. The summed E-state index contributed by atoms with van der Waals surface area (Å²) in [5.41, 5.74) is 2.41. The molecular formula is C18H19ClN2O3S2. The Morgan fingerprint density at radius 2 is 1.81 bits per heavy atom.